The lowest BCUT2D eigenvalue weighted by atomic mass is 9.82. The lowest BCUT2D eigenvalue weighted by Gasteiger charge is -2.24. The van der Waals surface area contributed by atoms with Crippen molar-refractivity contribution in [2.75, 3.05) is 12.0 Å². The summed E-state index contributed by atoms with van der Waals surface area (Å²) in [5.74, 6) is 0.735. The van der Waals surface area contributed by atoms with Gasteiger partial charge in [0.1, 0.15) is 5.82 Å². The highest BCUT2D eigenvalue weighted by Gasteiger charge is 2.19. The normalized spacial score (nSPS) is 11.2. The fourth-order valence-electron chi connectivity index (χ4n) is 2.36. The molecule has 0 unspecified atom stereocenters. The van der Waals surface area contributed by atoms with Gasteiger partial charge in [-0.15, -0.1) is 0 Å². The summed E-state index contributed by atoms with van der Waals surface area (Å²) in [6.07, 6.45) is -0.00450. The van der Waals surface area contributed by atoms with Gasteiger partial charge < -0.3 is 9.84 Å². The molecule has 2 rings (SSSR count). The molecule has 0 aliphatic rings. The lowest BCUT2D eigenvalue weighted by molar-refractivity contribution is 0.201. The Hall–Kier alpha value is -2.56. The van der Waals surface area contributed by atoms with Gasteiger partial charge in [0.25, 0.3) is 0 Å². The Kier molecular flexibility index (Phi) is 5.44. The molecular formula is C19H24N2O3. The van der Waals surface area contributed by atoms with E-state index in [1.54, 1.807) is 18.2 Å². The smallest absolute Gasteiger partial charge is 0.413 e. The van der Waals surface area contributed by atoms with E-state index in [0.29, 0.717) is 11.7 Å². The molecule has 1 N–H and O–H groups in total. The topological polar surface area (TPSA) is 62.7 Å². The van der Waals surface area contributed by atoms with Crippen LogP contribution in [0.4, 0.5) is 10.6 Å². The second-order valence-corrected chi connectivity index (χ2v) is 6.34. The third kappa shape index (κ3) is 4.04. The average Bonchev–Trinajstić information content (AvgIpc) is 2.59. The van der Waals surface area contributed by atoms with E-state index in [0.717, 1.165) is 12.0 Å². The Morgan fingerprint density at radius 1 is 1.21 bits per heavy atom. The van der Waals surface area contributed by atoms with Gasteiger partial charge in [0.15, 0.2) is 0 Å². The number of carboxylic acid groups (broad SMARTS) is 1. The molecule has 0 bridgehead atoms. The number of pyridine rings is 1. The maximum Gasteiger partial charge on any atom is 0.413 e. The van der Waals surface area contributed by atoms with E-state index >= 15 is 0 Å². The lowest BCUT2D eigenvalue weighted by Crippen LogP contribution is -2.29. The number of methoxy groups -OCH3 is 1. The highest BCUT2D eigenvalue weighted by molar-refractivity contribution is 5.84. The Bertz CT molecular complexity index is 696. The van der Waals surface area contributed by atoms with Gasteiger partial charge in [-0.1, -0.05) is 51.1 Å². The molecule has 0 aliphatic heterocycles. The predicted molar refractivity (Wildman–Crippen MR) is 94.8 cm³/mol. The van der Waals surface area contributed by atoms with Gasteiger partial charge in [0.05, 0.1) is 13.7 Å². The summed E-state index contributed by atoms with van der Waals surface area (Å²) in [7, 11) is 1.51. The van der Waals surface area contributed by atoms with Gasteiger partial charge in [-0.3, -0.25) is 4.90 Å². The predicted octanol–water partition coefficient (Wildman–Crippen LogP) is 4.46. The zero-order valence-electron chi connectivity index (χ0n) is 14.6. The molecule has 0 aliphatic carbocycles. The van der Waals surface area contributed by atoms with Crippen molar-refractivity contribution >= 4 is 11.9 Å². The van der Waals surface area contributed by atoms with Crippen molar-refractivity contribution in [3.05, 3.63) is 53.6 Å². The van der Waals surface area contributed by atoms with Crippen molar-refractivity contribution in [2.24, 2.45) is 0 Å². The van der Waals surface area contributed by atoms with Crippen LogP contribution in [-0.4, -0.2) is 23.3 Å². The van der Waals surface area contributed by atoms with E-state index in [-0.39, 0.29) is 12.0 Å². The number of nitrogens with zero attached hydrogens (tertiary/aromatic N) is 2. The SMILES string of the molecule is CCC(C)(C)c1ccc(CN(C(=O)O)c2cccc(OC)n2)cc1. The first kappa shape index (κ1) is 17.8. The first-order valence-electron chi connectivity index (χ1n) is 7.98. The van der Waals surface area contributed by atoms with Crippen LogP contribution >= 0.6 is 0 Å². The van der Waals surface area contributed by atoms with Crippen molar-refractivity contribution in [3.63, 3.8) is 0 Å². The maximum atomic E-state index is 11.6. The summed E-state index contributed by atoms with van der Waals surface area (Å²) in [5, 5.41) is 9.52. The van der Waals surface area contributed by atoms with Crippen LogP contribution in [0.2, 0.25) is 0 Å². The van der Waals surface area contributed by atoms with Gasteiger partial charge in [0, 0.05) is 6.07 Å². The van der Waals surface area contributed by atoms with Crippen LogP contribution in [0.1, 0.15) is 38.3 Å². The van der Waals surface area contributed by atoms with Crippen LogP contribution in [0.5, 0.6) is 5.88 Å². The number of rotatable bonds is 6. The van der Waals surface area contributed by atoms with Crippen LogP contribution in [-0.2, 0) is 12.0 Å². The third-order valence-corrected chi connectivity index (χ3v) is 4.39. The fraction of sp³-hybridized carbons (Fsp3) is 0.368. The van der Waals surface area contributed by atoms with Crippen LogP contribution in [0, 0.1) is 0 Å². The van der Waals surface area contributed by atoms with Crippen molar-refractivity contribution < 1.29 is 14.6 Å². The van der Waals surface area contributed by atoms with E-state index in [2.05, 4.69) is 37.9 Å². The van der Waals surface area contributed by atoms with Crippen molar-refractivity contribution in [1.82, 2.24) is 4.98 Å². The summed E-state index contributed by atoms with van der Waals surface area (Å²) < 4.78 is 5.07. The van der Waals surface area contributed by atoms with Gasteiger partial charge in [0.2, 0.25) is 5.88 Å². The Morgan fingerprint density at radius 2 is 1.88 bits per heavy atom. The molecule has 0 saturated heterocycles. The molecule has 1 amide bonds. The summed E-state index contributed by atoms with van der Waals surface area (Å²) in [4.78, 5) is 17.0. The van der Waals surface area contributed by atoms with Crippen molar-refractivity contribution in [3.8, 4) is 5.88 Å². The van der Waals surface area contributed by atoms with Gasteiger partial charge in [-0.2, -0.15) is 4.98 Å². The fourth-order valence-corrected chi connectivity index (χ4v) is 2.36. The number of hydrogen-bond acceptors (Lipinski definition) is 3. The van der Waals surface area contributed by atoms with E-state index < -0.39 is 6.09 Å². The van der Waals surface area contributed by atoms with Crippen molar-refractivity contribution in [1.29, 1.82) is 0 Å². The molecule has 24 heavy (non-hydrogen) atoms. The molecule has 2 aromatic rings. The second kappa shape index (κ2) is 7.34. The second-order valence-electron chi connectivity index (χ2n) is 6.34. The summed E-state index contributed by atoms with van der Waals surface area (Å²) in [6.45, 7) is 6.80. The number of carbonyl (C=O) groups is 1. The molecule has 128 valence electrons. The third-order valence-electron chi connectivity index (χ3n) is 4.39. The first-order chi connectivity index (χ1) is 11.4. The minimum atomic E-state index is -1.05. The highest BCUT2D eigenvalue weighted by atomic mass is 16.5. The standard InChI is InChI=1S/C19H24N2O3/c1-5-19(2,3)15-11-9-14(10-12-15)13-21(18(22)23)16-7-6-8-17(20-16)24-4/h6-12H,5,13H2,1-4H3,(H,22,23). The number of amides is 1. The Morgan fingerprint density at radius 3 is 2.42 bits per heavy atom. The number of benzene rings is 1. The molecule has 5 heteroatoms. The van der Waals surface area contributed by atoms with Crippen LogP contribution < -0.4 is 9.64 Å². The summed E-state index contributed by atoms with van der Waals surface area (Å²) in [6, 6.07) is 13.2. The maximum absolute atomic E-state index is 11.6. The highest BCUT2D eigenvalue weighted by Crippen LogP contribution is 2.27. The molecule has 0 spiro atoms. The number of ether oxygens (including phenoxy) is 1. The molecule has 0 fully saturated rings. The first-order valence-corrected chi connectivity index (χ1v) is 7.98. The van der Waals surface area contributed by atoms with Crippen molar-refractivity contribution in [2.45, 2.75) is 39.2 Å². The Balaban J connectivity index is 2.23. The largest absolute Gasteiger partial charge is 0.481 e. The van der Waals surface area contributed by atoms with Crippen LogP contribution in [0.3, 0.4) is 0 Å². The molecule has 5 nitrogen and oxygen atoms in total. The molecule has 0 radical (unpaired) electrons. The van der Waals surface area contributed by atoms with Gasteiger partial charge in [-0.05, 0) is 29.0 Å². The monoisotopic (exact) mass is 328 g/mol. The molecule has 0 atom stereocenters. The molecule has 1 aromatic carbocycles. The molecule has 0 saturated carbocycles. The summed E-state index contributed by atoms with van der Waals surface area (Å²) in [5.41, 5.74) is 2.27. The Labute approximate surface area is 142 Å². The molecular weight excluding hydrogens is 304 g/mol. The van der Waals surface area contributed by atoms with E-state index in [1.807, 2.05) is 12.1 Å². The van der Waals surface area contributed by atoms with E-state index in [4.69, 9.17) is 4.74 Å². The summed E-state index contributed by atoms with van der Waals surface area (Å²) >= 11 is 0. The zero-order valence-corrected chi connectivity index (χ0v) is 14.6. The van der Waals surface area contributed by atoms with Gasteiger partial charge >= 0.3 is 6.09 Å². The average molecular weight is 328 g/mol. The number of aromatic nitrogens is 1. The minimum absolute atomic E-state index is 0.110. The number of anilines is 1. The van der Waals surface area contributed by atoms with Gasteiger partial charge in [-0.25, -0.2) is 4.79 Å². The van der Waals surface area contributed by atoms with E-state index in [1.165, 1.54) is 17.6 Å². The number of hydrogen-bond donors (Lipinski definition) is 1. The molecule has 1 aromatic heterocycles. The van der Waals surface area contributed by atoms with E-state index in [9.17, 15) is 9.90 Å². The van der Waals surface area contributed by atoms with Crippen LogP contribution in [0.15, 0.2) is 42.5 Å². The molecule has 1 heterocycles. The van der Waals surface area contributed by atoms with Crippen LogP contribution in [0.25, 0.3) is 0 Å². The minimum Gasteiger partial charge on any atom is -0.481 e. The quantitative estimate of drug-likeness (QED) is 0.850. The zero-order chi connectivity index (χ0) is 17.7.